The molecule has 0 atom stereocenters. The van der Waals surface area contributed by atoms with Gasteiger partial charge >= 0.3 is 0 Å². The Morgan fingerprint density at radius 1 is 1.39 bits per heavy atom. The van der Waals surface area contributed by atoms with Gasteiger partial charge in [0, 0.05) is 17.4 Å². The van der Waals surface area contributed by atoms with E-state index < -0.39 is 4.32 Å². The summed E-state index contributed by atoms with van der Waals surface area (Å²) in [6, 6.07) is 9.51. The molecule has 0 aliphatic heterocycles. The number of alkyl halides is 1. The SMILES string of the molecule is CC(C)(Br)C(=O)Nc1cccc(-c2ccn[nH]2)c1. The third kappa shape index (κ3) is 2.98. The van der Waals surface area contributed by atoms with E-state index in [9.17, 15) is 4.79 Å². The van der Waals surface area contributed by atoms with Crippen molar-refractivity contribution >= 4 is 27.5 Å². The molecule has 0 bridgehead atoms. The maximum Gasteiger partial charge on any atom is 0.240 e. The second-order valence-corrected chi connectivity index (χ2v) is 6.46. The number of aromatic amines is 1. The van der Waals surface area contributed by atoms with E-state index in [0.29, 0.717) is 0 Å². The van der Waals surface area contributed by atoms with E-state index in [1.807, 2.05) is 30.3 Å². The first-order valence-corrected chi connectivity index (χ1v) is 6.36. The minimum absolute atomic E-state index is 0.0794. The number of benzene rings is 1. The lowest BCUT2D eigenvalue weighted by Gasteiger charge is -2.16. The first kappa shape index (κ1) is 12.8. The average Bonchev–Trinajstić information content (AvgIpc) is 2.81. The third-order valence-corrected chi connectivity index (χ3v) is 2.83. The quantitative estimate of drug-likeness (QED) is 0.856. The van der Waals surface area contributed by atoms with E-state index in [-0.39, 0.29) is 5.91 Å². The van der Waals surface area contributed by atoms with Crippen LogP contribution in [-0.2, 0) is 4.79 Å². The number of rotatable bonds is 3. The van der Waals surface area contributed by atoms with E-state index in [4.69, 9.17) is 0 Å². The van der Waals surface area contributed by atoms with Crippen molar-refractivity contribution in [2.75, 3.05) is 5.32 Å². The van der Waals surface area contributed by atoms with Gasteiger partial charge in [0.25, 0.3) is 0 Å². The smallest absolute Gasteiger partial charge is 0.240 e. The van der Waals surface area contributed by atoms with E-state index in [0.717, 1.165) is 16.9 Å². The first-order chi connectivity index (χ1) is 8.47. The molecule has 1 heterocycles. The number of hydrogen-bond acceptors (Lipinski definition) is 2. The summed E-state index contributed by atoms with van der Waals surface area (Å²) in [5, 5.41) is 9.66. The number of carbonyl (C=O) groups excluding carboxylic acids is 1. The van der Waals surface area contributed by atoms with Crippen LogP contribution >= 0.6 is 15.9 Å². The molecule has 18 heavy (non-hydrogen) atoms. The van der Waals surface area contributed by atoms with Crippen LogP contribution in [0.25, 0.3) is 11.3 Å². The second-order valence-electron chi connectivity index (χ2n) is 4.48. The van der Waals surface area contributed by atoms with Gasteiger partial charge in [-0.3, -0.25) is 9.89 Å². The number of hydrogen-bond donors (Lipinski definition) is 2. The van der Waals surface area contributed by atoms with Gasteiger partial charge in [-0.25, -0.2) is 0 Å². The van der Waals surface area contributed by atoms with Crippen LogP contribution in [-0.4, -0.2) is 20.4 Å². The largest absolute Gasteiger partial charge is 0.325 e. The molecule has 0 aliphatic carbocycles. The van der Waals surface area contributed by atoms with Gasteiger partial charge in [0.2, 0.25) is 5.91 Å². The Bertz CT molecular complexity index is 544. The number of nitrogens with one attached hydrogen (secondary N) is 2. The molecule has 94 valence electrons. The number of halogens is 1. The summed E-state index contributed by atoms with van der Waals surface area (Å²) in [7, 11) is 0. The normalized spacial score (nSPS) is 11.3. The minimum Gasteiger partial charge on any atom is -0.325 e. The molecule has 1 aromatic heterocycles. The zero-order chi connectivity index (χ0) is 13.2. The molecule has 2 rings (SSSR count). The molecule has 1 amide bonds. The van der Waals surface area contributed by atoms with Crippen LogP contribution in [0.2, 0.25) is 0 Å². The number of anilines is 1. The molecule has 0 saturated carbocycles. The van der Waals surface area contributed by atoms with E-state index in [1.54, 1.807) is 20.0 Å². The van der Waals surface area contributed by atoms with Crippen molar-refractivity contribution in [3.8, 4) is 11.3 Å². The van der Waals surface area contributed by atoms with Crippen molar-refractivity contribution < 1.29 is 4.79 Å². The Balaban J connectivity index is 2.21. The molecule has 0 spiro atoms. The lowest BCUT2D eigenvalue weighted by molar-refractivity contribution is -0.117. The summed E-state index contributed by atoms with van der Waals surface area (Å²) in [5.41, 5.74) is 2.67. The molecular formula is C13H14BrN3O. The summed E-state index contributed by atoms with van der Waals surface area (Å²) in [4.78, 5) is 11.9. The summed E-state index contributed by atoms with van der Waals surface area (Å²) in [5.74, 6) is -0.0794. The van der Waals surface area contributed by atoms with Crippen LogP contribution in [0.3, 0.4) is 0 Å². The Hall–Kier alpha value is -1.62. The summed E-state index contributed by atoms with van der Waals surface area (Å²) >= 11 is 3.33. The van der Waals surface area contributed by atoms with Gasteiger partial charge in [-0.2, -0.15) is 5.10 Å². The van der Waals surface area contributed by atoms with Crippen molar-refractivity contribution in [2.45, 2.75) is 18.2 Å². The minimum atomic E-state index is -0.586. The van der Waals surface area contributed by atoms with Crippen molar-refractivity contribution in [1.82, 2.24) is 10.2 Å². The van der Waals surface area contributed by atoms with Crippen molar-refractivity contribution in [2.24, 2.45) is 0 Å². The molecule has 0 radical (unpaired) electrons. The molecule has 5 heteroatoms. The highest BCUT2D eigenvalue weighted by Gasteiger charge is 2.23. The molecule has 2 N–H and O–H groups in total. The fourth-order valence-electron chi connectivity index (χ4n) is 1.46. The zero-order valence-electron chi connectivity index (χ0n) is 10.2. The highest BCUT2D eigenvalue weighted by molar-refractivity contribution is 9.10. The van der Waals surface area contributed by atoms with E-state index in [1.165, 1.54) is 0 Å². The third-order valence-electron chi connectivity index (χ3n) is 2.47. The predicted molar refractivity (Wildman–Crippen MR) is 75.7 cm³/mol. The van der Waals surface area contributed by atoms with Crippen molar-refractivity contribution in [3.05, 3.63) is 36.5 Å². The fraction of sp³-hybridized carbons (Fsp3) is 0.231. The predicted octanol–water partition coefficient (Wildman–Crippen LogP) is 3.19. The number of aromatic nitrogens is 2. The van der Waals surface area contributed by atoms with Crippen molar-refractivity contribution in [3.63, 3.8) is 0 Å². The Morgan fingerprint density at radius 2 is 2.17 bits per heavy atom. The van der Waals surface area contributed by atoms with Crippen LogP contribution in [0.4, 0.5) is 5.69 Å². The molecule has 0 fully saturated rings. The van der Waals surface area contributed by atoms with Gasteiger partial charge in [0.1, 0.15) is 0 Å². The summed E-state index contributed by atoms with van der Waals surface area (Å²) < 4.78 is -0.586. The molecular weight excluding hydrogens is 294 g/mol. The van der Waals surface area contributed by atoms with Crippen LogP contribution < -0.4 is 5.32 Å². The standard InChI is InChI=1S/C13H14BrN3O/c1-13(2,14)12(18)16-10-5-3-4-9(8-10)11-6-7-15-17-11/h3-8H,1-2H3,(H,15,17)(H,16,18). The number of nitrogens with zero attached hydrogens (tertiary/aromatic N) is 1. The monoisotopic (exact) mass is 307 g/mol. The zero-order valence-corrected chi connectivity index (χ0v) is 11.8. The lowest BCUT2D eigenvalue weighted by Crippen LogP contribution is -2.30. The van der Waals surface area contributed by atoms with Gasteiger partial charge in [0.05, 0.1) is 10.0 Å². The van der Waals surface area contributed by atoms with Gasteiger partial charge < -0.3 is 5.32 Å². The number of carbonyl (C=O) groups is 1. The topological polar surface area (TPSA) is 57.8 Å². The average molecular weight is 308 g/mol. The molecule has 2 aromatic rings. The van der Waals surface area contributed by atoms with Crippen LogP contribution in [0.5, 0.6) is 0 Å². The molecule has 4 nitrogen and oxygen atoms in total. The molecule has 0 saturated heterocycles. The van der Waals surface area contributed by atoms with Crippen LogP contribution in [0.15, 0.2) is 36.5 Å². The summed E-state index contributed by atoms with van der Waals surface area (Å²) in [6.45, 7) is 3.61. The Morgan fingerprint density at radius 3 is 2.78 bits per heavy atom. The van der Waals surface area contributed by atoms with Gasteiger partial charge in [-0.1, -0.05) is 28.1 Å². The number of H-pyrrole nitrogens is 1. The second kappa shape index (κ2) is 4.94. The highest BCUT2D eigenvalue weighted by Crippen LogP contribution is 2.23. The van der Waals surface area contributed by atoms with Crippen LogP contribution in [0.1, 0.15) is 13.8 Å². The maximum atomic E-state index is 11.9. The Labute approximate surface area is 114 Å². The molecule has 0 aliphatic rings. The molecule has 1 aromatic carbocycles. The lowest BCUT2D eigenvalue weighted by atomic mass is 10.1. The maximum absolute atomic E-state index is 11.9. The van der Waals surface area contributed by atoms with Gasteiger partial charge in [0.15, 0.2) is 0 Å². The highest BCUT2D eigenvalue weighted by atomic mass is 79.9. The van der Waals surface area contributed by atoms with E-state index >= 15 is 0 Å². The van der Waals surface area contributed by atoms with Crippen LogP contribution in [0, 0.1) is 0 Å². The fourth-order valence-corrected chi connectivity index (χ4v) is 1.56. The number of amides is 1. The van der Waals surface area contributed by atoms with Crippen molar-refractivity contribution in [1.29, 1.82) is 0 Å². The van der Waals surface area contributed by atoms with Gasteiger partial charge in [-0.05, 0) is 32.0 Å². The Kier molecular flexibility index (Phi) is 3.52. The summed E-state index contributed by atoms with van der Waals surface area (Å²) in [6.07, 6.45) is 1.70. The van der Waals surface area contributed by atoms with E-state index in [2.05, 4.69) is 31.4 Å². The molecule has 0 unspecified atom stereocenters. The van der Waals surface area contributed by atoms with Gasteiger partial charge in [-0.15, -0.1) is 0 Å². The first-order valence-electron chi connectivity index (χ1n) is 5.57.